The van der Waals surface area contributed by atoms with E-state index in [4.69, 9.17) is 10.6 Å². The van der Waals surface area contributed by atoms with E-state index in [-0.39, 0.29) is 23.5 Å². The van der Waals surface area contributed by atoms with Gasteiger partial charge in [0.25, 0.3) is 5.91 Å². The lowest BCUT2D eigenvalue weighted by Crippen LogP contribution is -2.62. The van der Waals surface area contributed by atoms with E-state index in [1.54, 1.807) is 12.3 Å². The first kappa shape index (κ1) is 14.7. The molecule has 0 bridgehead atoms. The molecule has 20 heavy (non-hydrogen) atoms. The Balaban J connectivity index is 2.03. The molecular weight excluding hydrogens is 256 g/mol. The number of ether oxygens (including phenoxy) is 1. The van der Waals surface area contributed by atoms with Gasteiger partial charge in [0, 0.05) is 30.5 Å². The number of aromatic nitrogens is 1. The molecule has 0 aromatic carbocycles. The Morgan fingerprint density at radius 1 is 1.60 bits per heavy atom. The summed E-state index contributed by atoms with van der Waals surface area (Å²) in [6.45, 7) is 6.88. The van der Waals surface area contributed by atoms with Crippen LogP contribution in [0.15, 0.2) is 18.5 Å². The van der Waals surface area contributed by atoms with Crippen LogP contribution in [0.1, 0.15) is 37.6 Å². The van der Waals surface area contributed by atoms with Gasteiger partial charge in [-0.05, 0) is 19.4 Å². The maximum atomic E-state index is 12.3. The van der Waals surface area contributed by atoms with Crippen molar-refractivity contribution in [1.82, 2.24) is 10.3 Å². The van der Waals surface area contributed by atoms with Crippen LogP contribution < -0.4 is 16.6 Å². The predicted molar refractivity (Wildman–Crippen MR) is 77.1 cm³/mol. The number of hydrogen-bond acceptors (Lipinski definition) is 5. The maximum Gasteiger partial charge on any atom is 0.255 e. The third kappa shape index (κ3) is 2.62. The molecule has 0 radical (unpaired) electrons. The number of nitrogens with two attached hydrogens (primary N) is 1. The van der Waals surface area contributed by atoms with E-state index in [1.165, 1.54) is 6.20 Å². The Kier molecular flexibility index (Phi) is 4.25. The van der Waals surface area contributed by atoms with Crippen molar-refractivity contribution in [3.8, 4) is 0 Å². The molecule has 1 amide bonds. The fourth-order valence-corrected chi connectivity index (χ4v) is 2.55. The molecular formula is C14H22N4O2. The van der Waals surface area contributed by atoms with Gasteiger partial charge in [-0.3, -0.25) is 15.6 Å². The molecule has 0 saturated heterocycles. The van der Waals surface area contributed by atoms with Crippen molar-refractivity contribution in [2.24, 2.45) is 11.3 Å². The van der Waals surface area contributed by atoms with Crippen molar-refractivity contribution < 1.29 is 9.53 Å². The molecule has 6 nitrogen and oxygen atoms in total. The normalized spacial score (nSPS) is 23.8. The zero-order valence-electron chi connectivity index (χ0n) is 12.1. The van der Waals surface area contributed by atoms with Crippen LogP contribution in [0.5, 0.6) is 0 Å². The first-order valence-electron chi connectivity index (χ1n) is 6.83. The number of anilines is 1. The number of nitrogen functional groups attached to an aromatic ring is 1. The maximum absolute atomic E-state index is 12.3. The smallest absolute Gasteiger partial charge is 0.255 e. The average Bonchev–Trinajstić information content (AvgIpc) is 2.46. The van der Waals surface area contributed by atoms with E-state index in [9.17, 15) is 4.79 Å². The van der Waals surface area contributed by atoms with Crippen LogP contribution in [0, 0.1) is 5.41 Å². The van der Waals surface area contributed by atoms with Gasteiger partial charge in [-0.2, -0.15) is 0 Å². The fourth-order valence-electron chi connectivity index (χ4n) is 2.55. The van der Waals surface area contributed by atoms with Crippen LogP contribution in [0.4, 0.5) is 5.69 Å². The standard InChI is InChI=1S/C14H22N4O2/c1-4-20-12-7-11(14(12,2)3)17-13(19)9-8-16-6-5-10(9)18-15/h5-6,8,11-12H,4,7,15H2,1-3H3,(H,16,18)(H,17,19). The van der Waals surface area contributed by atoms with Gasteiger partial charge >= 0.3 is 0 Å². The highest BCUT2D eigenvalue weighted by molar-refractivity contribution is 5.99. The van der Waals surface area contributed by atoms with Crippen molar-refractivity contribution in [2.75, 3.05) is 12.0 Å². The van der Waals surface area contributed by atoms with Crippen molar-refractivity contribution in [2.45, 2.75) is 39.3 Å². The van der Waals surface area contributed by atoms with Crippen LogP contribution in [0.25, 0.3) is 0 Å². The lowest BCUT2D eigenvalue weighted by molar-refractivity contribution is -0.111. The van der Waals surface area contributed by atoms with Gasteiger partial charge in [0.2, 0.25) is 0 Å². The minimum atomic E-state index is -0.168. The zero-order valence-corrected chi connectivity index (χ0v) is 12.1. The summed E-state index contributed by atoms with van der Waals surface area (Å²) < 4.78 is 5.66. The Labute approximate surface area is 119 Å². The predicted octanol–water partition coefficient (Wildman–Crippen LogP) is 1.30. The molecule has 1 aromatic heterocycles. The molecule has 1 fully saturated rings. The summed E-state index contributed by atoms with van der Waals surface area (Å²) in [4.78, 5) is 16.3. The van der Waals surface area contributed by atoms with E-state index in [1.807, 2.05) is 6.92 Å². The number of pyridine rings is 1. The quantitative estimate of drug-likeness (QED) is 0.558. The van der Waals surface area contributed by atoms with Crippen molar-refractivity contribution in [3.63, 3.8) is 0 Å². The van der Waals surface area contributed by atoms with Crippen molar-refractivity contribution in [1.29, 1.82) is 0 Å². The van der Waals surface area contributed by atoms with Gasteiger partial charge < -0.3 is 15.5 Å². The summed E-state index contributed by atoms with van der Waals surface area (Å²) in [7, 11) is 0. The monoisotopic (exact) mass is 278 g/mol. The summed E-state index contributed by atoms with van der Waals surface area (Å²) >= 11 is 0. The fraction of sp³-hybridized carbons (Fsp3) is 0.571. The molecule has 0 aliphatic heterocycles. The molecule has 1 heterocycles. The van der Waals surface area contributed by atoms with Crippen LogP contribution in [0.3, 0.4) is 0 Å². The molecule has 1 aliphatic carbocycles. The van der Waals surface area contributed by atoms with Gasteiger partial charge in [-0.25, -0.2) is 0 Å². The Morgan fingerprint density at radius 3 is 2.95 bits per heavy atom. The Morgan fingerprint density at radius 2 is 2.35 bits per heavy atom. The summed E-state index contributed by atoms with van der Waals surface area (Å²) in [6.07, 6.45) is 4.12. The largest absolute Gasteiger partial charge is 0.378 e. The number of carbonyl (C=O) groups excluding carboxylic acids is 1. The molecule has 0 spiro atoms. The molecule has 110 valence electrons. The summed E-state index contributed by atoms with van der Waals surface area (Å²) in [5.74, 6) is 5.24. The Hall–Kier alpha value is -1.66. The summed E-state index contributed by atoms with van der Waals surface area (Å²) in [6, 6.07) is 1.77. The molecule has 2 atom stereocenters. The highest BCUT2D eigenvalue weighted by atomic mass is 16.5. The van der Waals surface area contributed by atoms with Crippen LogP contribution in [-0.4, -0.2) is 29.6 Å². The minimum Gasteiger partial charge on any atom is -0.378 e. The highest BCUT2D eigenvalue weighted by Crippen LogP contribution is 2.42. The van der Waals surface area contributed by atoms with E-state index in [0.717, 1.165) is 6.42 Å². The number of nitrogens with zero attached hydrogens (tertiary/aromatic N) is 1. The molecule has 6 heteroatoms. The van der Waals surface area contributed by atoms with Gasteiger partial charge in [0.05, 0.1) is 17.4 Å². The number of amides is 1. The molecule has 1 saturated carbocycles. The van der Waals surface area contributed by atoms with Crippen molar-refractivity contribution >= 4 is 11.6 Å². The molecule has 2 rings (SSSR count). The molecule has 1 aromatic rings. The van der Waals surface area contributed by atoms with Crippen LogP contribution in [0.2, 0.25) is 0 Å². The lowest BCUT2D eigenvalue weighted by Gasteiger charge is -2.51. The third-order valence-corrected chi connectivity index (χ3v) is 4.07. The SMILES string of the molecule is CCOC1CC(NC(=O)c2cnccc2NN)C1(C)C. The second-order valence-electron chi connectivity index (χ2n) is 5.59. The van der Waals surface area contributed by atoms with Crippen molar-refractivity contribution in [3.05, 3.63) is 24.0 Å². The topological polar surface area (TPSA) is 89.3 Å². The van der Waals surface area contributed by atoms with Gasteiger partial charge in [0.15, 0.2) is 0 Å². The molecule has 4 N–H and O–H groups in total. The van der Waals surface area contributed by atoms with Gasteiger partial charge in [0.1, 0.15) is 0 Å². The van der Waals surface area contributed by atoms with E-state index < -0.39 is 0 Å². The Bertz CT molecular complexity index is 490. The zero-order chi connectivity index (χ0) is 14.8. The number of hydrazine groups is 1. The average molecular weight is 278 g/mol. The second-order valence-corrected chi connectivity index (χ2v) is 5.59. The number of carbonyl (C=O) groups is 1. The van der Waals surface area contributed by atoms with E-state index >= 15 is 0 Å². The van der Waals surface area contributed by atoms with Gasteiger partial charge in [-0.15, -0.1) is 0 Å². The van der Waals surface area contributed by atoms with Gasteiger partial charge in [-0.1, -0.05) is 13.8 Å². The van der Waals surface area contributed by atoms with E-state index in [0.29, 0.717) is 17.9 Å². The summed E-state index contributed by atoms with van der Waals surface area (Å²) in [5.41, 5.74) is 3.46. The highest BCUT2D eigenvalue weighted by Gasteiger charge is 2.49. The molecule has 2 unspecified atom stereocenters. The molecule has 1 aliphatic rings. The second kappa shape index (κ2) is 5.76. The van der Waals surface area contributed by atoms with Crippen LogP contribution in [-0.2, 0) is 4.74 Å². The number of nitrogens with one attached hydrogen (secondary N) is 2. The number of hydrogen-bond donors (Lipinski definition) is 3. The minimum absolute atomic E-state index is 0.0653. The lowest BCUT2D eigenvalue weighted by atomic mass is 9.64. The van der Waals surface area contributed by atoms with E-state index in [2.05, 4.69) is 29.6 Å². The third-order valence-electron chi connectivity index (χ3n) is 4.07. The first-order valence-corrected chi connectivity index (χ1v) is 6.83. The first-order chi connectivity index (χ1) is 9.50. The van der Waals surface area contributed by atoms with Crippen LogP contribution >= 0.6 is 0 Å². The summed E-state index contributed by atoms with van der Waals surface area (Å²) in [5, 5.41) is 3.03. The number of rotatable bonds is 5.